The first-order valence-electron chi connectivity index (χ1n) is 8.58. The molecule has 1 amide bonds. The van der Waals surface area contributed by atoms with Crippen LogP contribution in [-0.4, -0.2) is 65.6 Å². The number of methoxy groups -OCH3 is 1. The molecule has 156 valence electrons. The summed E-state index contributed by atoms with van der Waals surface area (Å²) < 4.78 is 5.53. The van der Waals surface area contributed by atoms with Gasteiger partial charge >= 0.3 is 5.97 Å². The molecule has 0 aromatic carbocycles. The van der Waals surface area contributed by atoms with Crippen LogP contribution < -0.4 is 10.2 Å². The SMILES string of the molecule is CO[C@H]1CN(c2nc(C=O)c(C(=O)O)s2)CC[C@H]1NC(=O)c1[nH]c(C)c(Cl)c1Cl. The predicted molar refractivity (Wildman–Crippen MR) is 109 cm³/mol. The minimum absolute atomic E-state index is 0.101. The topological polar surface area (TPSA) is 125 Å². The number of nitrogens with zero attached hydrogens (tertiary/aromatic N) is 2. The molecule has 12 heteroatoms. The second-order valence-corrected chi connectivity index (χ2v) is 8.21. The minimum Gasteiger partial charge on any atom is -0.477 e. The summed E-state index contributed by atoms with van der Waals surface area (Å²) in [6, 6.07) is -0.299. The van der Waals surface area contributed by atoms with Gasteiger partial charge in [-0.3, -0.25) is 9.59 Å². The zero-order valence-corrected chi connectivity index (χ0v) is 17.8. The molecule has 9 nitrogen and oxygen atoms in total. The van der Waals surface area contributed by atoms with Crippen molar-refractivity contribution in [2.45, 2.75) is 25.5 Å². The number of carbonyl (C=O) groups is 3. The van der Waals surface area contributed by atoms with Gasteiger partial charge in [0.1, 0.15) is 16.3 Å². The molecule has 29 heavy (non-hydrogen) atoms. The van der Waals surface area contributed by atoms with Crippen LogP contribution in [0.2, 0.25) is 10.0 Å². The third-order valence-corrected chi connectivity index (χ3v) is 6.74. The number of thiazole rings is 1. The molecular formula is C17H18Cl2N4O5S. The van der Waals surface area contributed by atoms with Gasteiger partial charge in [0.25, 0.3) is 5.91 Å². The molecule has 1 fully saturated rings. The number of nitrogens with one attached hydrogen (secondary N) is 2. The largest absolute Gasteiger partial charge is 0.477 e. The Bertz CT molecular complexity index is 960. The van der Waals surface area contributed by atoms with Crippen molar-refractivity contribution in [3.63, 3.8) is 0 Å². The van der Waals surface area contributed by atoms with Gasteiger partial charge in [-0.1, -0.05) is 34.5 Å². The van der Waals surface area contributed by atoms with E-state index in [1.165, 1.54) is 7.11 Å². The summed E-state index contributed by atoms with van der Waals surface area (Å²) in [4.78, 5) is 43.7. The van der Waals surface area contributed by atoms with Crippen molar-refractivity contribution in [3.05, 3.63) is 32.0 Å². The first-order valence-corrected chi connectivity index (χ1v) is 10.2. The minimum atomic E-state index is -1.20. The maximum Gasteiger partial charge on any atom is 0.348 e. The van der Waals surface area contributed by atoms with Gasteiger partial charge in [0.05, 0.1) is 22.2 Å². The lowest BCUT2D eigenvalue weighted by Gasteiger charge is -2.37. The van der Waals surface area contributed by atoms with E-state index in [9.17, 15) is 19.5 Å². The van der Waals surface area contributed by atoms with E-state index in [-0.39, 0.29) is 33.4 Å². The highest BCUT2D eigenvalue weighted by molar-refractivity contribution is 7.17. The molecule has 3 heterocycles. The molecule has 2 aromatic rings. The van der Waals surface area contributed by atoms with Gasteiger partial charge in [0.2, 0.25) is 0 Å². The summed E-state index contributed by atoms with van der Waals surface area (Å²) in [7, 11) is 1.53. The van der Waals surface area contributed by atoms with Gasteiger partial charge in [0, 0.05) is 25.9 Å². The third-order valence-electron chi connectivity index (χ3n) is 4.68. The van der Waals surface area contributed by atoms with Crippen LogP contribution in [-0.2, 0) is 4.74 Å². The van der Waals surface area contributed by atoms with E-state index in [2.05, 4.69) is 15.3 Å². The van der Waals surface area contributed by atoms with Crippen molar-refractivity contribution < 1.29 is 24.2 Å². The number of halogens is 2. The molecule has 1 aliphatic heterocycles. The van der Waals surface area contributed by atoms with Gasteiger partial charge in [-0.15, -0.1) is 0 Å². The quantitative estimate of drug-likeness (QED) is 0.565. The smallest absolute Gasteiger partial charge is 0.348 e. The van der Waals surface area contributed by atoms with E-state index in [1.807, 2.05) is 4.90 Å². The standard InChI is InChI=1S/C17H18Cl2N4O5S/c1-7-11(18)12(19)13(20-7)15(25)21-8-3-4-23(5-10(8)28-2)17-22-9(6-24)14(29-17)16(26)27/h6,8,10,20H,3-5H2,1-2H3,(H,21,25)(H,26,27)/t8-,10+/m1/s1. The number of anilines is 1. The molecule has 1 aliphatic rings. The molecule has 3 N–H and O–H groups in total. The van der Waals surface area contributed by atoms with Crippen LogP contribution in [0.5, 0.6) is 0 Å². The van der Waals surface area contributed by atoms with Crippen molar-refractivity contribution in [1.29, 1.82) is 0 Å². The lowest BCUT2D eigenvalue weighted by atomic mass is 10.0. The number of aromatic amines is 1. The maximum absolute atomic E-state index is 12.6. The van der Waals surface area contributed by atoms with Gasteiger partial charge in [0.15, 0.2) is 11.4 Å². The normalized spacial score (nSPS) is 19.2. The van der Waals surface area contributed by atoms with Crippen LogP contribution in [0, 0.1) is 6.92 Å². The summed E-state index contributed by atoms with van der Waals surface area (Å²) in [5, 5.41) is 13.0. The van der Waals surface area contributed by atoms with Crippen molar-refractivity contribution >= 4 is 57.8 Å². The molecule has 0 saturated carbocycles. The lowest BCUT2D eigenvalue weighted by Crippen LogP contribution is -2.55. The molecule has 2 atom stereocenters. The van der Waals surface area contributed by atoms with E-state index in [0.29, 0.717) is 41.6 Å². The number of aromatic carboxylic acids is 1. The van der Waals surface area contributed by atoms with Gasteiger partial charge in [-0.25, -0.2) is 9.78 Å². The van der Waals surface area contributed by atoms with Gasteiger partial charge in [-0.2, -0.15) is 0 Å². The first-order chi connectivity index (χ1) is 13.8. The summed E-state index contributed by atoms with van der Waals surface area (Å²) in [5.41, 5.74) is 0.688. The number of hydrogen-bond donors (Lipinski definition) is 3. The summed E-state index contributed by atoms with van der Waals surface area (Å²) in [6.45, 7) is 2.58. The van der Waals surface area contributed by atoms with Crippen LogP contribution in [0.1, 0.15) is 42.8 Å². The van der Waals surface area contributed by atoms with Crippen LogP contribution in [0.4, 0.5) is 5.13 Å². The average Bonchev–Trinajstić information content (AvgIpc) is 3.25. The van der Waals surface area contributed by atoms with E-state index in [1.54, 1.807) is 6.92 Å². The summed E-state index contributed by atoms with van der Waals surface area (Å²) in [5.74, 6) is -1.59. The fourth-order valence-electron chi connectivity index (χ4n) is 3.15. The van der Waals surface area contributed by atoms with E-state index in [0.717, 1.165) is 11.3 Å². The van der Waals surface area contributed by atoms with Crippen LogP contribution in [0.3, 0.4) is 0 Å². The maximum atomic E-state index is 12.6. The number of carboxylic acids is 1. The number of aryl methyl sites for hydroxylation is 1. The molecular weight excluding hydrogens is 443 g/mol. The van der Waals surface area contributed by atoms with Crippen molar-refractivity contribution in [2.75, 3.05) is 25.1 Å². The molecule has 0 unspecified atom stereocenters. The number of aromatic nitrogens is 2. The fourth-order valence-corrected chi connectivity index (χ4v) is 4.48. The highest BCUT2D eigenvalue weighted by atomic mass is 35.5. The number of H-pyrrole nitrogens is 1. The highest BCUT2D eigenvalue weighted by Crippen LogP contribution is 2.31. The number of hydrogen-bond acceptors (Lipinski definition) is 7. The Labute approximate surface area is 180 Å². The Morgan fingerprint density at radius 3 is 2.66 bits per heavy atom. The highest BCUT2D eigenvalue weighted by Gasteiger charge is 2.33. The van der Waals surface area contributed by atoms with Crippen LogP contribution >= 0.6 is 34.5 Å². The summed E-state index contributed by atoms with van der Waals surface area (Å²) in [6.07, 6.45) is 0.570. The number of amides is 1. The molecule has 0 bridgehead atoms. The zero-order chi connectivity index (χ0) is 21.3. The average molecular weight is 461 g/mol. The Morgan fingerprint density at radius 1 is 1.41 bits per heavy atom. The number of carboxylic acid groups (broad SMARTS) is 1. The Hall–Kier alpha value is -2.14. The van der Waals surface area contributed by atoms with Crippen LogP contribution in [0.25, 0.3) is 0 Å². The second-order valence-electron chi connectivity index (χ2n) is 6.48. The Balaban J connectivity index is 1.73. The van der Waals surface area contributed by atoms with E-state index < -0.39 is 11.9 Å². The van der Waals surface area contributed by atoms with Crippen molar-refractivity contribution in [3.8, 4) is 0 Å². The molecule has 0 spiro atoms. The number of piperidine rings is 1. The number of rotatable bonds is 6. The van der Waals surface area contributed by atoms with Gasteiger partial charge < -0.3 is 25.0 Å². The molecule has 0 aliphatic carbocycles. The predicted octanol–water partition coefficient (Wildman–Crippen LogP) is 2.62. The zero-order valence-electron chi connectivity index (χ0n) is 15.5. The van der Waals surface area contributed by atoms with Gasteiger partial charge in [-0.05, 0) is 13.3 Å². The van der Waals surface area contributed by atoms with E-state index in [4.69, 9.17) is 27.9 Å². The van der Waals surface area contributed by atoms with Crippen molar-refractivity contribution in [2.24, 2.45) is 0 Å². The Morgan fingerprint density at radius 2 is 2.14 bits per heavy atom. The fraction of sp³-hybridized carbons (Fsp3) is 0.412. The molecule has 1 saturated heterocycles. The van der Waals surface area contributed by atoms with Crippen LogP contribution in [0.15, 0.2) is 0 Å². The number of carbonyl (C=O) groups excluding carboxylic acids is 2. The molecule has 3 rings (SSSR count). The third kappa shape index (κ3) is 4.25. The van der Waals surface area contributed by atoms with E-state index >= 15 is 0 Å². The number of ether oxygens (including phenoxy) is 1. The summed E-state index contributed by atoms with van der Waals surface area (Å²) >= 11 is 13.1. The Kier molecular flexibility index (Phi) is 6.47. The molecule has 2 aromatic heterocycles. The number of aldehydes is 1. The monoisotopic (exact) mass is 460 g/mol. The first kappa shape index (κ1) is 21.6. The van der Waals surface area contributed by atoms with Crippen molar-refractivity contribution in [1.82, 2.24) is 15.3 Å². The molecule has 0 radical (unpaired) electrons. The second kappa shape index (κ2) is 8.70. The lowest BCUT2D eigenvalue weighted by molar-refractivity contribution is 0.0540.